The van der Waals surface area contributed by atoms with Crippen molar-refractivity contribution in [2.45, 2.75) is 97.2 Å². The first kappa shape index (κ1) is 36.8. The van der Waals surface area contributed by atoms with Gasteiger partial charge in [0.15, 0.2) is 0 Å². The van der Waals surface area contributed by atoms with Crippen molar-refractivity contribution in [2.24, 2.45) is 11.8 Å². The van der Waals surface area contributed by atoms with Gasteiger partial charge in [-0.2, -0.15) is 5.10 Å². The predicted octanol–water partition coefficient (Wildman–Crippen LogP) is 4.72. The highest BCUT2D eigenvalue weighted by molar-refractivity contribution is 6.11. The first-order valence-electron chi connectivity index (χ1n) is 17.3. The van der Waals surface area contributed by atoms with Gasteiger partial charge < -0.3 is 31.1 Å². The van der Waals surface area contributed by atoms with Crippen molar-refractivity contribution in [2.75, 3.05) is 43.9 Å². The number of anilines is 2. The Morgan fingerprint density at radius 1 is 0.854 bits per heavy atom. The summed E-state index contributed by atoms with van der Waals surface area (Å²) in [6.45, 7) is 11.8. The summed E-state index contributed by atoms with van der Waals surface area (Å²) in [5.41, 5.74) is 0.435. The molecule has 5 amide bonds. The fraction of sp³-hybridized carbons (Fsp3) is 0.629. The third-order valence-electron chi connectivity index (χ3n) is 9.41. The number of likely N-dealkylation sites (N-methyl/N-ethyl adjacent to an activating group) is 1. The molecule has 2 aliphatic rings. The Morgan fingerprint density at radius 3 is 2.10 bits per heavy atom. The lowest BCUT2D eigenvalue weighted by molar-refractivity contribution is -0.135. The number of carbonyl (C=O) groups excluding carboxylic acids is 4. The first-order valence-corrected chi connectivity index (χ1v) is 17.3. The maximum absolute atomic E-state index is 15.8. The Balaban J connectivity index is 1.54. The van der Waals surface area contributed by atoms with Crippen LogP contribution >= 0.6 is 0 Å². The van der Waals surface area contributed by atoms with Gasteiger partial charge in [-0.05, 0) is 71.2 Å². The fourth-order valence-electron chi connectivity index (χ4n) is 6.61. The topological polar surface area (TPSA) is 141 Å². The van der Waals surface area contributed by atoms with E-state index in [0.29, 0.717) is 24.5 Å². The van der Waals surface area contributed by atoms with Gasteiger partial charge in [-0.25, -0.2) is 13.9 Å². The zero-order chi connectivity index (χ0) is 35.0. The number of hydrogen-bond acceptors (Lipinski definition) is 6. The molecule has 0 radical (unpaired) electrons. The highest BCUT2D eigenvalue weighted by Gasteiger charge is 2.37. The standard InChI is InChI=1S/C35H53FN8O4/c1-22(2)38-35(48)41-31(34(47)43-19-17-42(6)18-20-43)24(5)26-13-14-28(27(36)21-26)39-32(45)30(25-11-9-7-8-10-12-25)33(46)40-29-15-16-37-44(29)23(3)4/h13-16,21-25,30-31H,7-12,17-20H2,1-6H3,(H,39,45)(H,40,46)(H2,38,41,48)/t24-,30-,31+/m0/s1. The van der Waals surface area contributed by atoms with E-state index in [9.17, 15) is 19.2 Å². The van der Waals surface area contributed by atoms with E-state index < -0.39 is 41.5 Å². The number of benzene rings is 1. The average molecular weight is 669 g/mol. The van der Waals surface area contributed by atoms with Crippen molar-refractivity contribution < 1.29 is 23.6 Å². The Bertz CT molecular complexity index is 1410. The molecule has 1 aliphatic carbocycles. The van der Waals surface area contributed by atoms with E-state index >= 15 is 4.39 Å². The van der Waals surface area contributed by atoms with E-state index in [0.717, 1.165) is 51.6 Å². The van der Waals surface area contributed by atoms with Crippen molar-refractivity contribution in [3.8, 4) is 0 Å². The van der Waals surface area contributed by atoms with Crippen molar-refractivity contribution in [1.29, 1.82) is 0 Å². The number of hydrogen-bond donors (Lipinski definition) is 4. The summed E-state index contributed by atoms with van der Waals surface area (Å²) in [5.74, 6) is -3.22. The molecule has 1 aromatic carbocycles. The molecular weight excluding hydrogens is 615 g/mol. The quantitative estimate of drug-likeness (QED) is 0.202. The molecule has 4 N–H and O–H groups in total. The highest BCUT2D eigenvalue weighted by Crippen LogP contribution is 2.32. The summed E-state index contributed by atoms with van der Waals surface area (Å²) >= 11 is 0. The largest absolute Gasteiger partial charge is 0.338 e. The van der Waals surface area contributed by atoms with Gasteiger partial charge in [-0.15, -0.1) is 0 Å². The Morgan fingerprint density at radius 2 is 1.50 bits per heavy atom. The molecule has 1 saturated carbocycles. The summed E-state index contributed by atoms with van der Waals surface area (Å²) in [6.07, 6.45) is 7.00. The molecule has 0 unspecified atom stereocenters. The number of nitrogens with one attached hydrogen (secondary N) is 4. The Kier molecular flexibility index (Phi) is 13.0. The number of urea groups is 1. The molecule has 1 aromatic heterocycles. The van der Waals surface area contributed by atoms with Crippen molar-refractivity contribution in [3.63, 3.8) is 0 Å². The number of amides is 5. The minimum atomic E-state index is -1.02. The van der Waals surface area contributed by atoms with E-state index in [1.165, 1.54) is 12.1 Å². The summed E-state index contributed by atoms with van der Waals surface area (Å²) in [5, 5.41) is 15.5. The number of aromatic nitrogens is 2. The van der Waals surface area contributed by atoms with Crippen molar-refractivity contribution in [1.82, 2.24) is 30.2 Å². The van der Waals surface area contributed by atoms with Gasteiger partial charge in [0.1, 0.15) is 23.6 Å². The molecule has 2 heterocycles. The van der Waals surface area contributed by atoms with Gasteiger partial charge in [0.25, 0.3) is 0 Å². The second kappa shape index (κ2) is 16.9. The summed E-state index contributed by atoms with van der Waals surface area (Å²) < 4.78 is 17.4. The first-order chi connectivity index (χ1) is 22.8. The highest BCUT2D eigenvalue weighted by atomic mass is 19.1. The van der Waals surface area contributed by atoms with Gasteiger partial charge in [0.05, 0.1) is 11.9 Å². The molecule has 0 bridgehead atoms. The third kappa shape index (κ3) is 9.55. The summed E-state index contributed by atoms with van der Waals surface area (Å²) in [6, 6.07) is 4.55. The van der Waals surface area contributed by atoms with Crippen LogP contribution in [0.5, 0.6) is 0 Å². The summed E-state index contributed by atoms with van der Waals surface area (Å²) in [7, 11) is 1.99. The van der Waals surface area contributed by atoms with Gasteiger partial charge in [-0.3, -0.25) is 14.4 Å². The molecule has 264 valence electrons. The summed E-state index contributed by atoms with van der Waals surface area (Å²) in [4.78, 5) is 57.8. The van der Waals surface area contributed by atoms with E-state index in [2.05, 4.69) is 31.3 Å². The van der Waals surface area contributed by atoms with Crippen molar-refractivity contribution >= 4 is 35.3 Å². The molecule has 12 nitrogen and oxygen atoms in total. The smallest absolute Gasteiger partial charge is 0.315 e. The zero-order valence-corrected chi connectivity index (χ0v) is 29.2. The molecule has 0 spiro atoms. The van der Waals surface area contributed by atoms with E-state index in [-0.39, 0.29) is 29.6 Å². The molecule has 2 fully saturated rings. The van der Waals surface area contributed by atoms with Crippen LogP contribution in [0.15, 0.2) is 30.5 Å². The second-order valence-corrected chi connectivity index (χ2v) is 13.9. The molecule has 1 saturated heterocycles. The minimum absolute atomic E-state index is 0.00620. The van der Waals surface area contributed by atoms with Crippen LogP contribution in [0, 0.1) is 17.7 Å². The number of nitrogens with zero attached hydrogens (tertiary/aromatic N) is 4. The Hall–Kier alpha value is -4.00. The normalized spacial score (nSPS) is 18.1. The fourth-order valence-corrected chi connectivity index (χ4v) is 6.61. The molecule has 2 aromatic rings. The van der Waals surface area contributed by atoms with Crippen LogP contribution in [-0.2, 0) is 14.4 Å². The number of rotatable bonds is 11. The Labute approximate surface area is 283 Å². The molecular formula is C35H53FN8O4. The lowest BCUT2D eigenvalue weighted by Gasteiger charge is -2.36. The average Bonchev–Trinajstić information content (AvgIpc) is 3.34. The van der Waals surface area contributed by atoms with Crippen LogP contribution in [-0.4, -0.2) is 88.6 Å². The predicted molar refractivity (Wildman–Crippen MR) is 184 cm³/mol. The molecule has 4 rings (SSSR count). The van der Waals surface area contributed by atoms with Crippen LogP contribution < -0.4 is 21.3 Å². The molecule has 3 atom stereocenters. The second-order valence-electron chi connectivity index (χ2n) is 13.9. The van der Waals surface area contributed by atoms with Crippen molar-refractivity contribution in [3.05, 3.63) is 41.8 Å². The van der Waals surface area contributed by atoms with E-state index in [1.807, 2.05) is 34.7 Å². The third-order valence-corrected chi connectivity index (χ3v) is 9.41. The van der Waals surface area contributed by atoms with Gasteiger partial charge in [0, 0.05) is 50.2 Å². The number of halogens is 1. The van der Waals surface area contributed by atoms with Crippen LogP contribution in [0.2, 0.25) is 0 Å². The maximum Gasteiger partial charge on any atom is 0.315 e. The monoisotopic (exact) mass is 668 g/mol. The molecule has 1 aliphatic heterocycles. The zero-order valence-electron chi connectivity index (χ0n) is 29.2. The molecule has 48 heavy (non-hydrogen) atoms. The number of carbonyl (C=O) groups is 4. The van der Waals surface area contributed by atoms with E-state index in [4.69, 9.17) is 0 Å². The van der Waals surface area contributed by atoms with E-state index in [1.54, 1.807) is 34.8 Å². The van der Waals surface area contributed by atoms with Gasteiger partial charge in [-0.1, -0.05) is 38.7 Å². The van der Waals surface area contributed by atoms with Crippen LogP contribution in [0.25, 0.3) is 0 Å². The lowest BCUT2D eigenvalue weighted by Crippen LogP contribution is -2.57. The maximum atomic E-state index is 15.8. The minimum Gasteiger partial charge on any atom is -0.338 e. The number of piperazine rings is 1. The van der Waals surface area contributed by atoms with Crippen LogP contribution in [0.4, 0.5) is 20.7 Å². The SMILES string of the molecule is CC(C)NC(=O)N[C@@H](C(=O)N1CCN(C)CC1)[C@@H](C)c1ccc(NC(=O)[C@@H](C(=O)Nc2ccnn2C(C)C)C2CCCCCC2)c(F)c1. The molecule has 13 heteroatoms. The van der Waals surface area contributed by atoms with Crippen LogP contribution in [0.1, 0.15) is 90.7 Å². The van der Waals surface area contributed by atoms with Gasteiger partial charge in [0.2, 0.25) is 17.7 Å². The van der Waals surface area contributed by atoms with Crippen LogP contribution in [0.3, 0.4) is 0 Å². The lowest BCUT2D eigenvalue weighted by atomic mass is 9.84. The van der Waals surface area contributed by atoms with Gasteiger partial charge >= 0.3 is 6.03 Å².